The Morgan fingerprint density at radius 3 is 2.67 bits per heavy atom. The van der Waals surface area contributed by atoms with Gasteiger partial charge in [-0.2, -0.15) is 0 Å². The minimum absolute atomic E-state index is 0.0399. The van der Waals surface area contributed by atoms with Gasteiger partial charge < -0.3 is 10.2 Å². The molecule has 0 aromatic rings. The lowest BCUT2D eigenvalue weighted by Crippen LogP contribution is -2.52. The molecule has 2 heterocycles. The van der Waals surface area contributed by atoms with Gasteiger partial charge in [-0.05, 0) is 6.42 Å². The van der Waals surface area contributed by atoms with Crippen LogP contribution in [0.3, 0.4) is 0 Å². The van der Waals surface area contributed by atoms with Gasteiger partial charge in [0.2, 0.25) is 11.8 Å². The minimum Gasteiger partial charge on any atom is -0.355 e. The second kappa shape index (κ2) is 5.87. The summed E-state index contributed by atoms with van der Waals surface area (Å²) in [5.74, 6) is 2.81. The number of hydrogen-bond donors (Lipinski definition) is 1. The molecule has 0 radical (unpaired) electrons. The number of hydrogen-bond acceptors (Lipinski definition) is 3. The highest BCUT2D eigenvalue weighted by molar-refractivity contribution is 5.83. The molecule has 2 fully saturated rings. The Bertz CT molecular complexity index is 357. The first-order chi connectivity index (χ1) is 8.70. The molecule has 1 atom stereocenters. The van der Waals surface area contributed by atoms with E-state index < -0.39 is 0 Å². The molecule has 0 aromatic carbocycles. The average Bonchev–Trinajstić information content (AvgIpc) is 2.40. The zero-order valence-corrected chi connectivity index (χ0v) is 10.5. The molecular weight excluding hydrogens is 230 g/mol. The Kier molecular flexibility index (Phi) is 4.21. The molecule has 0 spiro atoms. The van der Waals surface area contributed by atoms with E-state index >= 15 is 0 Å². The van der Waals surface area contributed by atoms with Crippen LogP contribution in [0, 0.1) is 18.3 Å². The molecule has 18 heavy (non-hydrogen) atoms. The second-order valence-corrected chi connectivity index (χ2v) is 4.85. The number of carbonyl (C=O) groups excluding carboxylic acids is 2. The van der Waals surface area contributed by atoms with Crippen molar-refractivity contribution in [2.45, 2.75) is 12.8 Å². The van der Waals surface area contributed by atoms with E-state index in [1.807, 2.05) is 4.90 Å². The van der Waals surface area contributed by atoms with Gasteiger partial charge in [-0.15, -0.1) is 6.42 Å². The molecule has 1 N–H and O–H groups in total. The molecule has 0 saturated carbocycles. The van der Waals surface area contributed by atoms with Gasteiger partial charge in [-0.3, -0.25) is 14.5 Å². The molecule has 2 rings (SSSR count). The summed E-state index contributed by atoms with van der Waals surface area (Å²) in [5, 5.41) is 2.76. The standard InChI is InChI=1S/C13H19N3O2/c1-2-5-15-6-8-16(9-7-15)13(18)11-3-4-12(17)14-10-11/h1,11H,3-10H2,(H,14,17). The van der Waals surface area contributed by atoms with Gasteiger partial charge in [0.25, 0.3) is 0 Å². The van der Waals surface area contributed by atoms with Crippen LogP contribution in [0.5, 0.6) is 0 Å². The summed E-state index contributed by atoms with van der Waals surface area (Å²) in [6, 6.07) is 0. The Morgan fingerprint density at radius 1 is 1.39 bits per heavy atom. The number of carbonyl (C=O) groups is 2. The lowest BCUT2D eigenvalue weighted by Gasteiger charge is -2.36. The van der Waals surface area contributed by atoms with Crippen molar-refractivity contribution < 1.29 is 9.59 Å². The van der Waals surface area contributed by atoms with E-state index in [4.69, 9.17) is 6.42 Å². The maximum absolute atomic E-state index is 12.2. The first-order valence-electron chi connectivity index (χ1n) is 6.42. The van der Waals surface area contributed by atoms with Gasteiger partial charge in [0, 0.05) is 39.1 Å². The quantitative estimate of drug-likeness (QED) is 0.658. The van der Waals surface area contributed by atoms with Crippen LogP contribution in [0.15, 0.2) is 0 Å². The van der Waals surface area contributed by atoms with Crippen molar-refractivity contribution in [3.63, 3.8) is 0 Å². The number of nitrogens with one attached hydrogen (secondary N) is 1. The van der Waals surface area contributed by atoms with Gasteiger partial charge in [0.1, 0.15) is 0 Å². The largest absolute Gasteiger partial charge is 0.355 e. The van der Waals surface area contributed by atoms with Crippen LogP contribution in [0.4, 0.5) is 0 Å². The molecule has 2 saturated heterocycles. The lowest BCUT2D eigenvalue weighted by molar-refractivity contribution is -0.139. The third-order valence-corrected chi connectivity index (χ3v) is 3.61. The molecule has 2 aliphatic rings. The predicted molar refractivity (Wildman–Crippen MR) is 67.6 cm³/mol. The van der Waals surface area contributed by atoms with Crippen LogP contribution < -0.4 is 5.32 Å². The third kappa shape index (κ3) is 3.02. The predicted octanol–water partition coefficient (Wildman–Crippen LogP) is -0.710. The van der Waals surface area contributed by atoms with Crippen LogP contribution in [-0.4, -0.2) is 60.9 Å². The maximum Gasteiger partial charge on any atom is 0.227 e. The van der Waals surface area contributed by atoms with Gasteiger partial charge in [0.05, 0.1) is 12.5 Å². The van der Waals surface area contributed by atoms with Crippen molar-refractivity contribution >= 4 is 11.8 Å². The second-order valence-electron chi connectivity index (χ2n) is 4.85. The van der Waals surface area contributed by atoms with Crippen LogP contribution in [0.25, 0.3) is 0 Å². The SMILES string of the molecule is C#CCN1CCN(C(=O)C2CCC(=O)NC2)CC1. The average molecular weight is 249 g/mol. The Balaban J connectivity index is 1.80. The van der Waals surface area contributed by atoms with Crippen molar-refractivity contribution in [1.29, 1.82) is 0 Å². The number of nitrogens with zero attached hydrogens (tertiary/aromatic N) is 2. The normalized spacial score (nSPS) is 25.4. The summed E-state index contributed by atoms with van der Waals surface area (Å²) in [5.41, 5.74) is 0. The number of piperidine rings is 1. The number of terminal acetylenes is 1. The van der Waals surface area contributed by atoms with E-state index in [1.54, 1.807) is 0 Å². The molecule has 2 amide bonds. The molecule has 0 bridgehead atoms. The smallest absolute Gasteiger partial charge is 0.227 e. The van der Waals surface area contributed by atoms with Crippen molar-refractivity contribution in [3.05, 3.63) is 0 Å². The fourth-order valence-corrected chi connectivity index (χ4v) is 2.46. The Labute approximate surface area is 107 Å². The summed E-state index contributed by atoms with van der Waals surface area (Å²) in [4.78, 5) is 27.4. The van der Waals surface area contributed by atoms with Gasteiger partial charge in [-0.25, -0.2) is 0 Å². The Morgan fingerprint density at radius 2 is 2.11 bits per heavy atom. The highest BCUT2D eigenvalue weighted by atomic mass is 16.2. The van der Waals surface area contributed by atoms with Gasteiger partial charge in [-0.1, -0.05) is 5.92 Å². The Hall–Kier alpha value is -1.54. The number of rotatable bonds is 2. The summed E-state index contributed by atoms with van der Waals surface area (Å²) in [6.45, 7) is 4.31. The van der Waals surface area contributed by atoms with Crippen molar-refractivity contribution in [1.82, 2.24) is 15.1 Å². The molecule has 0 aromatic heterocycles. The minimum atomic E-state index is -0.0399. The van der Waals surface area contributed by atoms with E-state index in [9.17, 15) is 9.59 Å². The summed E-state index contributed by atoms with van der Waals surface area (Å²) < 4.78 is 0. The fraction of sp³-hybridized carbons (Fsp3) is 0.692. The van der Waals surface area contributed by atoms with Crippen LogP contribution in [0.1, 0.15) is 12.8 Å². The van der Waals surface area contributed by atoms with E-state index in [0.717, 1.165) is 26.2 Å². The van der Waals surface area contributed by atoms with Crippen molar-refractivity contribution in [2.75, 3.05) is 39.3 Å². The summed E-state index contributed by atoms with van der Waals surface area (Å²) >= 11 is 0. The van der Waals surface area contributed by atoms with E-state index in [2.05, 4.69) is 16.1 Å². The molecule has 5 heteroatoms. The van der Waals surface area contributed by atoms with Gasteiger partial charge >= 0.3 is 0 Å². The molecule has 98 valence electrons. The zero-order chi connectivity index (χ0) is 13.0. The molecule has 5 nitrogen and oxygen atoms in total. The highest BCUT2D eigenvalue weighted by Crippen LogP contribution is 2.15. The van der Waals surface area contributed by atoms with Crippen LogP contribution >= 0.6 is 0 Å². The first-order valence-corrected chi connectivity index (χ1v) is 6.42. The molecular formula is C13H19N3O2. The lowest BCUT2D eigenvalue weighted by atomic mass is 9.97. The van der Waals surface area contributed by atoms with Crippen LogP contribution in [0.2, 0.25) is 0 Å². The highest BCUT2D eigenvalue weighted by Gasteiger charge is 2.29. The summed E-state index contributed by atoms with van der Waals surface area (Å²) in [6.07, 6.45) is 6.41. The zero-order valence-electron chi connectivity index (χ0n) is 10.5. The molecule has 0 aliphatic carbocycles. The van der Waals surface area contributed by atoms with E-state index in [-0.39, 0.29) is 17.7 Å². The fourth-order valence-electron chi connectivity index (χ4n) is 2.46. The summed E-state index contributed by atoms with van der Waals surface area (Å²) in [7, 11) is 0. The maximum atomic E-state index is 12.2. The number of piperazine rings is 1. The van der Waals surface area contributed by atoms with E-state index in [1.165, 1.54) is 0 Å². The van der Waals surface area contributed by atoms with Gasteiger partial charge in [0.15, 0.2) is 0 Å². The molecule has 1 unspecified atom stereocenters. The molecule has 2 aliphatic heterocycles. The topological polar surface area (TPSA) is 52.7 Å². The van der Waals surface area contributed by atoms with E-state index in [0.29, 0.717) is 25.9 Å². The van der Waals surface area contributed by atoms with Crippen molar-refractivity contribution in [2.24, 2.45) is 5.92 Å². The monoisotopic (exact) mass is 249 g/mol. The van der Waals surface area contributed by atoms with Crippen molar-refractivity contribution in [3.8, 4) is 12.3 Å². The number of amides is 2. The van der Waals surface area contributed by atoms with Crippen LogP contribution in [-0.2, 0) is 9.59 Å². The third-order valence-electron chi connectivity index (χ3n) is 3.61. The first kappa shape index (κ1) is 12.9.